The van der Waals surface area contributed by atoms with Gasteiger partial charge in [0.05, 0.1) is 19.8 Å². The maximum absolute atomic E-state index is 13.2. The lowest BCUT2D eigenvalue weighted by molar-refractivity contribution is -0.133. The van der Waals surface area contributed by atoms with E-state index in [0.29, 0.717) is 18.7 Å². The number of nitrogen functional groups attached to an aromatic ring is 1. The zero-order chi connectivity index (χ0) is 46.9. The van der Waals surface area contributed by atoms with Gasteiger partial charge in [0, 0.05) is 56.8 Å². The van der Waals surface area contributed by atoms with Gasteiger partial charge in [0.25, 0.3) is 0 Å². The smallest absolute Gasteiger partial charge is 0.222 e. The largest absolute Gasteiger partial charge is 0.496 e. The number of aromatic nitrogens is 2. The number of ether oxygens (including phenoxy) is 1. The number of methoxy groups -OCH3 is 1. The zero-order valence-electron chi connectivity index (χ0n) is 41.8. The van der Waals surface area contributed by atoms with Gasteiger partial charge in [-0.2, -0.15) is 4.98 Å². The molecule has 2 aromatic rings. The summed E-state index contributed by atoms with van der Waals surface area (Å²) in [7, 11) is 1.70. The molecule has 1 unspecified atom stereocenters. The fourth-order valence-corrected chi connectivity index (χ4v) is 8.20. The number of nitrogens with zero attached hydrogens (tertiary/aromatic N) is 4. The van der Waals surface area contributed by atoms with Gasteiger partial charge >= 0.3 is 0 Å². The topological polar surface area (TPSA) is 117 Å². The summed E-state index contributed by atoms with van der Waals surface area (Å²) in [6.45, 7) is 23.6. The second-order valence-electron chi connectivity index (χ2n) is 18.6. The number of piperazine rings is 1. The molecule has 0 spiro atoms. The maximum atomic E-state index is 13.2. The first-order valence-corrected chi connectivity index (χ1v) is 24.3. The molecule has 0 saturated carbocycles. The number of anilines is 2. The van der Waals surface area contributed by atoms with Crippen LogP contribution in [0.3, 0.4) is 0 Å². The Morgan fingerprint density at radius 1 is 0.766 bits per heavy atom. The van der Waals surface area contributed by atoms with Crippen molar-refractivity contribution in [3.8, 4) is 5.75 Å². The summed E-state index contributed by atoms with van der Waals surface area (Å²) in [5, 5.41) is 13.3. The molecule has 4 N–H and O–H groups in total. The number of benzene rings is 1. The molecule has 0 bridgehead atoms. The first-order valence-electron chi connectivity index (χ1n) is 24.3. The number of hydrogen-bond acceptors (Lipinski definition) is 8. The van der Waals surface area contributed by atoms with Crippen molar-refractivity contribution in [3.63, 3.8) is 0 Å². The molecule has 2 heterocycles. The van der Waals surface area contributed by atoms with E-state index in [1.807, 2.05) is 11.8 Å². The lowest BCUT2D eigenvalue weighted by atomic mass is 10.0. The Labute approximate surface area is 389 Å². The van der Waals surface area contributed by atoms with E-state index in [0.717, 1.165) is 132 Å². The Morgan fingerprint density at radius 2 is 1.30 bits per heavy atom. The average Bonchev–Trinajstić information content (AvgIpc) is 3.25. The van der Waals surface area contributed by atoms with E-state index in [-0.39, 0.29) is 24.5 Å². The van der Waals surface area contributed by atoms with Crippen LogP contribution in [0.15, 0.2) is 88.1 Å². The molecule has 3 rings (SSSR count). The van der Waals surface area contributed by atoms with Crippen LogP contribution in [0.1, 0.15) is 168 Å². The Balaban J connectivity index is 1.35. The SMILES string of the molecule is CCCC(CO)Nc1nc(N)nc(C)c1Cc1ccc(CN2CCN(C(=O)CC/C(C)=C/CC/C(C)=C/CC/C(C)=C/CC/C=C(\C)CC/C=C(\C)CCC=C(C)C)CC2)cc1OC. The quantitative estimate of drug-likeness (QED) is 0.0572. The number of carbonyl (C=O) groups is 1. The molecule has 1 aromatic carbocycles. The summed E-state index contributed by atoms with van der Waals surface area (Å²) in [5.74, 6) is 1.94. The van der Waals surface area contributed by atoms with Crippen LogP contribution in [0.2, 0.25) is 0 Å². The van der Waals surface area contributed by atoms with Crippen molar-refractivity contribution in [1.29, 1.82) is 0 Å². The molecule has 1 amide bonds. The van der Waals surface area contributed by atoms with Gasteiger partial charge in [-0.1, -0.05) is 95.4 Å². The minimum Gasteiger partial charge on any atom is -0.496 e. The normalized spacial score (nSPS) is 15.1. The monoisotopic (exact) mass is 879 g/mol. The predicted molar refractivity (Wildman–Crippen MR) is 272 cm³/mol. The third-order valence-electron chi connectivity index (χ3n) is 12.4. The standard InChI is InChI=1S/C55H86N6O3/c1-11-18-50(40-62)58-54-51(47(9)57-55(56)59-54)38-49-31-30-48(37-52(49)64-10)39-60-33-35-61(36-34-60)53(63)32-29-46(8)28-17-27-45(7)26-16-24-43(5)21-13-12-20-42(4)23-15-25-44(6)22-14-19-41(2)3/h19-21,25-26,28,30-31,37,50,62H,11-18,22-24,27,29,32-36,38-40H2,1-10H3,(H3,56,57,58,59)/b42-20+,43-21+,44-25+,45-26+,46-28+. The molecule has 0 aliphatic carbocycles. The Morgan fingerprint density at radius 3 is 1.81 bits per heavy atom. The second-order valence-corrected chi connectivity index (χ2v) is 18.6. The molecule has 1 atom stereocenters. The van der Waals surface area contributed by atoms with Crippen LogP contribution in [0.4, 0.5) is 11.8 Å². The van der Waals surface area contributed by atoms with Crippen LogP contribution in [-0.2, 0) is 17.8 Å². The van der Waals surface area contributed by atoms with Crippen LogP contribution in [-0.4, -0.2) is 76.7 Å². The highest BCUT2D eigenvalue weighted by molar-refractivity contribution is 5.76. The molecular formula is C55H86N6O3. The predicted octanol–water partition coefficient (Wildman–Crippen LogP) is 12.6. The van der Waals surface area contributed by atoms with Gasteiger partial charge in [-0.05, 0) is 150 Å². The van der Waals surface area contributed by atoms with Crippen molar-refractivity contribution in [1.82, 2.24) is 19.8 Å². The van der Waals surface area contributed by atoms with Crippen LogP contribution in [0.5, 0.6) is 5.75 Å². The third-order valence-corrected chi connectivity index (χ3v) is 12.4. The first-order chi connectivity index (χ1) is 30.7. The summed E-state index contributed by atoms with van der Waals surface area (Å²) in [6, 6.07) is 6.29. The molecule has 1 aliphatic rings. The van der Waals surface area contributed by atoms with E-state index in [4.69, 9.17) is 10.5 Å². The van der Waals surface area contributed by atoms with Crippen molar-refractivity contribution in [3.05, 3.63) is 110 Å². The number of aliphatic hydroxyl groups is 1. The highest BCUT2D eigenvalue weighted by atomic mass is 16.5. The van der Waals surface area contributed by atoms with Gasteiger partial charge in [-0.15, -0.1) is 0 Å². The Kier molecular flexibility index (Phi) is 25.1. The number of amides is 1. The van der Waals surface area contributed by atoms with Crippen LogP contribution in [0, 0.1) is 6.92 Å². The molecule has 1 aromatic heterocycles. The number of nitrogens with one attached hydrogen (secondary N) is 1. The molecule has 1 aliphatic heterocycles. The van der Waals surface area contributed by atoms with Crippen molar-refractivity contribution >= 4 is 17.7 Å². The van der Waals surface area contributed by atoms with E-state index in [2.05, 4.69) is 130 Å². The number of aryl methyl sites for hydroxylation is 1. The molecular weight excluding hydrogens is 793 g/mol. The molecule has 64 heavy (non-hydrogen) atoms. The summed E-state index contributed by atoms with van der Waals surface area (Å²) in [4.78, 5) is 26.6. The number of aliphatic hydroxyl groups excluding tert-OH is 1. The summed E-state index contributed by atoms with van der Waals surface area (Å²) >= 11 is 0. The van der Waals surface area contributed by atoms with Crippen molar-refractivity contribution in [2.24, 2.45) is 0 Å². The molecule has 9 heteroatoms. The summed E-state index contributed by atoms with van der Waals surface area (Å²) in [5.41, 5.74) is 18.6. The zero-order valence-corrected chi connectivity index (χ0v) is 41.8. The van der Waals surface area contributed by atoms with Gasteiger partial charge in [0.2, 0.25) is 11.9 Å². The molecule has 0 radical (unpaired) electrons. The second kappa shape index (κ2) is 29.9. The van der Waals surface area contributed by atoms with Crippen LogP contribution >= 0.6 is 0 Å². The van der Waals surface area contributed by atoms with E-state index in [1.54, 1.807) is 7.11 Å². The fraction of sp³-hybridized carbons (Fsp3) is 0.582. The number of unbranched alkanes of at least 4 members (excludes halogenated alkanes) is 1. The molecule has 354 valence electrons. The third kappa shape index (κ3) is 21.0. The van der Waals surface area contributed by atoms with Gasteiger partial charge in [0.1, 0.15) is 11.6 Å². The Bertz CT molecular complexity index is 1930. The van der Waals surface area contributed by atoms with E-state index in [1.165, 1.54) is 45.4 Å². The van der Waals surface area contributed by atoms with E-state index >= 15 is 0 Å². The van der Waals surface area contributed by atoms with Gasteiger partial charge in [0.15, 0.2) is 0 Å². The van der Waals surface area contributed by atoms with Gasteiger partial charge < -0.3 is 25.8 Å². The maximum Gasteiger partial charge on any atom is 0.222 e. The average molecular weight is 879 g/mol. The lowest BCUT2D eigenvalue weighted by Crippen LogP contribution is -2.48. The summed E-state index contributed by atoms with van der Waals surface area (Å²) < 4.78 is 5.87. The highest BCUT2D eigenvalue weighted by Gasteiger charge is 2.22. The van der Waals surface area contributed by atoms with E-state index < -0.39 is 0 Å². The number of allylic oxidation sites excluding steroid dienone is 12. The summed E-state index contributed by atoms with van der Waals surface area (Å²) in [6.07, 6.45) is 29.2. The fourth-order valence-electron chi connectivity index (χ4n) is 8.20. The highest BCUT2D eigenvalue weighted by Crippen LogP contribution is 2.29. The minimum absolute atomic E-state index is 0.0149. The van der Waals surface area contributed by atoms with Crippen LogP contribution in [0.25, 0.3) is 0 Å². The molecule has 9 nitrogen and oxygen atoms in total. The van der Waals surface area contributed by atoms with Crippen molar-refractivity contribution in [2.45, 2.75) is 171 Å². The molecule has 1 fully saturated rings. The van der Waals surface area contributed by atoms with E-state index in [9.17, 15) is 9.90 Å². The number of hydrogen-bond donors (Lipinski definition) is 3. The minimum atomic E-state index is -0.108. The van der Waals surface area contributed by atoms with Crippen LogP contribution < -0.4 is 15.8 Å². The van der Waals surface area contributed by atoms with Gasteiger partial charge in [-0.3, -0.25) is 9.69 Å². The lowest BCUT2D eigenvalue weighted by Gasteiger charge is -2.35. The van der Waals surface area contributed by atoms with Gasteiger partial charge in [-0.25, -0.2) is 4.98 Å². The number of rotatable bonds is 28. The van der Waals surface area contributed by atoms with Crippen molar-refractivity contribution < 1.29 is 14.6 Å². The number of carbonyl (C=O) groups excluding carboxylic acids is 1. The number of nitrogens with two attached hydrogens (primary N) is 1. The molecule has 1 saturated heterocycles. The Hall–Kier alpha value is -4.47. The first kappa shape index (κ1) is 53.9. The van der Waals surface area contributed by atoms with Crippen molar-refractivity contribution in [2.75, 3.05) is 50.9 Å².